The molecule has 3 nitrogen and oxygen atoms in total. The summed E-state index contributed by atoms with van der Waals surface area (Å²) in [7, 11) is 0. The standard InChI is InChI=1S/C12H18F2N2O/c1-11(2,7-15)8-16-10(17)9-3-5-12(13,14)6-4-9/h9H,3-6,8H2,1-2H3,(H,16,17). The summed E-state index contributed by atoms with van der Waals surface area (Å²) in [6, 6.07) is 2.08. The average Bonchev–Trinajstić information content (AvgIpc) is 2.26. The molecule has 0 unspecified atom stereocenters. The van der Waals surface area contributed by atoms with E-state index < -0.39 is 11.3 Å². The first-order chi connectivity index (χ1) is 7.76. The smallest absolute Gasteiger partial charge is 0.248 e. The molecule has 1 fully saturated rings. The van der Waals surface area contributed by atoms with Crippen molar-refractivity contribution < 1.29 is 13.6 Å². The molecule has 0 aromatic carbocycles. The number of rotatable bonds is 3. The second-order valence-electron chi connectivity index (χ2n) is 5.34. The quantitative estimate of drug-likeness (QED) is 0.829. The van der Waals surface area contributed by atoms with Crippen molar-refractivity contribution in [2.24, 2.45) is 11.3 Å². The molecule has 1 aliphatic carbocycles. The van der Waals surface area contributed by atoms with Crippen molar-refractivity contribution in [2.75, 3.05) is 6.54 Å². The number of halogens is 2. The molecule has 0 spiro atoms. The maximum Gasteiger partial charge on any atom is 0.248 e. The van der Waals surface area contributed by atoms with Crippen molar-refractivity contribution in [1.82, 2.24) is 5.32 Å². The maximum atomic E-state index is 12.9. The average molecular weight is 244 g/mol. The zero-order chi connectivity index (χ0) is 13.1. The van der Waals surface area contributed by atoms with Crippen LogP contribution in [-0.2, 0) is 4.79 Å². The van der Waals surface area contributed by atoms with Gasteiger partial charge < -0.3 is 5.32 Å². The van der Waals surface area contributed by atoms with E-state index >= 15 is 0 Å². The molecule has 17 heavy (non-hydrogen) atoms. The number of amides is 1. The Balaban J connectivity index is 2.38. The lowest BCUT2D eigenvalue weighted by Crippen LogP contribution is -2.39. The number of hydrogen-bond acceptors (Lipinski definition) is 2. The largest absolute Gasteiger partial charge is 0.354 e. The summed E-state index contributed by atoms with van der Waals surface area (Å²) in [6.07, 6.45) is 0.0249. The predicted octanol–water partition coefficient (Wildman–Crippen LogP) is 2.48. The maximum absolute atomic E-state index is 12.9. The number of nitrogens with one attached hydrogen (secondary N) is 1. The van der Waals surface area contributed by atoms with Gasteiger partial charge in [0.05, 0.1) is 11.5 Å². The van der Waals surface area contributed by atoms with Gasteiger partial charge >= 0.3 is 0 Å². The van der Waals surface area contributed by atoms with Gasteiger partial charge in [0, 0.05) is 25.3 Å². The molecule has 0 heterocycles. The molecule has 1 saturated carbocycles. The number of alkyl halides is 2. The molecule has 1 N–H and O–H groups in total. The molecule has 1 amide bonds. The van der Waals surface area contributed by atoms with Crippen molar-refractivity contribution in [3.63, 3.8) is 0 Å². The number of carbonyl (C=O) groups is 1. The lowest BCUT2D eigenvalue weighted by atomic mass is 9.86. The topological polar surface area (TPSA) is 52.9 Å². The van der Waals surface area contributed by atoms with E-state index in [4.69, 9.17) is 5.26 Å². The number of nitrogens with zero attached hydrogens (tertiary/aromatic N) is 1. The minimum absolute atomic E-state index is 0.205. The molecule has 0 aromatic heterocycles. The van der Waals surface area contributed by atoms with Crippen LogP contribution in [0.15, 0.2) is 0 Å². The van der Waals surface area contributed by atoms with Crippen LogP contribution in [0.4, 0.5) is 8.78 Å². The van der Waals surface area contributed by atoms with Gasteiger partial charge in [-0.3, -0.25) is 4.79 Å². The molecule has 0 aromatic rings. The summed E-state index contributed by atoms with van der Waals surface area (Å²) in [5, 5.41) is 11.4. The first kappa shape index (κ1) is 13.9. The van der Waals surface area contributed by atoms with Crippen LogP contribution < -0.4 is 5.32 Å². The fourth-order valence-corrected chi connectivity index (χ4v) is 1.79. The van der Waals surface area contributed by atoms with Crippen LogP contribution in [0, 0.1) is 22.7 Å². The minimum atomic E-state index is -2.61. The van der Waals surface area contributed by atoms with E-state index in [2.05, 4.69) is 11.4 Å². The zero-order valence-electron chi connectivity index (χ0n) is 10.2. The van der Waals surface area contributed by atoms with Crippen LogP contribution in [0.25, 0.3) is 0 Å². The Morgan fingerprint density at radius 2 is 2.00 bits per heavy atom. The molecular formula is C12H18F2N2O. The van der Waals surface area contributed by atoms with Gasteiger partial charge in [-0.1, -0.05) is 0 Å². The second-order valence-corrected chi connectivity index (χ2v) is 5.34. The highest BCUT2D eigenvalue weighted by Gasteiger charge is 2.37. The highest BCUT2D eigenvalue weighted by Crippen LogP contribution is 2.36. The van der Waals surface area contributed by atoms with Crippen LogP contribution in [0.1, 0.15) is 39.5 Å². The molecule has 0 bridgehead atoms. The van der Waals surface area contributed by atoms with Gasteiger partial charge in [-0.25, -0.2) is 8.78 Å². The van der Waals surface area contributed by atoms with E-state index in [0.29, 0.717) is 0 Å². The monoisotopic (exact) mass is 244 g/mol. The Kier molecular flexibility index (Phi) is 4.07. The molecule has 5 heteroatoms. The van der Waals surface area contributed by atoms with E-state index in [1.807, 2.05) is 0 Å². The Morgan fingerprint density at radius 3 is 2.47 bits per heavy atom. The van der Waals surface area contributed by atoms with Gasteiger partial charge in [0.15, 0.2) is 0 Å². The van der Waals surface area contributed by atoms with Crippen LogP contribution in [0.5, 0.6) is 0 Å². The zero-order valence-corrected chi connectivity index (χ0v) is 10.2. The van der Waals surface area contributed by atoms with Crippen molar-refractivity contribution in [1.29, 1.82) is 5.26 Å². The number of carbonyl (C=O) groups excluding carboxylic acids is 1. The second kappa shape index (κ2) is 4.99. The summed E-state index contributed by atoms with van der Waals surface area (Å²) >= 11 is 0. The van der Waals surface area contributed by atoms with Crippen LogP contribution in [0.3, 0.4) is 0 Å². The first-order valence-electron chi connectivity index (χ1n) is 5.83. The lowest BCUT2D eigenvalue weighted by molar-refractivity contribution is -0.129. The van der Waals surface area contributed by atoms with Crippen LogP contribution in [0.2, 0.25) is 0 Å². The summed E-state index contributed by atoms with van der Waals surface area (Å²) in [5.74, 6) is -3.14. The van der Waals surface area contributed by atoms with E-state index in [1.165, 1.54) is 0 Å². The van der Waals surface area contributed by atoms with Crippen molar-refractivity contribution in [3.8, 4) is 6.07 Å². The van der Waals surface area contributed by atoms with E-state index in [-0.39, 0.29) is 44.1 Å². The Hall–Kier alpha value is -1.18. The highest BCUT2D eigenvalue weighted by molar-refractivity contribution is 5.78. The molecule has 0 aliphatic heterocycles. The third-order valence-electron chi connectivity index (χ3n) is 3.10. The van der Waals surface area contributed by atoms with E-state index in [0.717, 1.165) is 0 Å². The van der Waals surface area contributed by atoms with Gasteiger partial charge in [0.2, 0.25) is 11.8 Å². The van der Waals surface area contributed by atoms with E-state index in [1.54, 1.807) is 13.8 Å². The summed E-state index contributed by atoms with van der Waals surface area (Å²) in [5.41, 5.74) is -0.617. The molecule has 96 valence electrons. The van der Waals surface area contributed by atoms with Crippen LogP contribution >= 0.6 is 0 Å². The Labute approximate surface area is 100 Å². The van der Waals surface area contributed by atoms with Gasteiger partial charge in [0.25, 0.3) is 0 Å². The molecule has 0 saturated heterocycles. The molecule has 1 rings (SSSR count). The van der Waals surface area contributed by atoms with E-state index in [9.17, 15) is 13.6 Å². The molecule has 0 radical (unpaired) electrons. The minimum Gasteiger partial charge on any atom is -0.354 e. The third-order valence-corrected chi connectivity index (χ3v) is 3.10. The summed E-state index contributed by atoms with van der Waals surface area (Å²) < 4.78 is 25.8. The SMILES string of the molecule is CC(C)(C#N)CNC(=O)C1CCC(F)(F)CC1. The van der Waals surface area contributed by atoms with Gasteiger partial charge in [-0.2, -0.15) is 5.26 Å². The third kappa shape index (κ3) is 4.29. The van der Waals surface area contributed by atoms with Crippen LogP contribution in [-0.4, -0.2) is 18.4 Å². The lowest BCUT2D eigenvalue weighted by Gasteiger charge is -2.28. The van der Waals surface area contributed by atoms with Crippen molar-refractivity contribution in [3.05, 3.63) is 0 Å². The fraction of sp³-hybridized carbons (Fsp3) is 0.833. The molecular weight excluding hydrogens is 226 g/mol. The van der Waals surface area contributed by atoms with Gasteiger partial charge in [0.1, 0.15) is 0 Å². The summed E-state index contributed by atoms with van der Waals surface area (Å²) in [4.78, 5) is 11.7. The molecule has 1 aliphatic rings. The predicted molar refractivity (Wildman–Crippen MR) is 59.3 cm³/mol. The Bertz CT molecular complexity index is 324. The molecule has 0 atom stereocenters. The normalized spacial score (nSPS) is 20.6. The van der Waals surface area contributed by atoms with Crippen molar-refractivity contribution >= 4 is 5.91 Å². The van der Waals surface area contributed by atoms with Gasteiger partial charge in [-0.05, 0) is 26.7 Å². The first-order valence-corrected chi connectivity index (χ1v) is 5.83. The number of hydrogen-bond donors (Lipinski definition) is 1. The van der Waals surface area contributed by atoms with Crippen molar-refractivity contribution in [2.45, 2.75) is 45.5 Å². The number of nitriles is 1. The fourth-order valence-electron chi connectivity index (χ4n) is 1.79. The summed E-state index contributed by atoms with van der Waals surface area (Å²) in [6.45, 7) is 3.71. The Morgan fingerprint density at radius 1 is 1.47 bits per heavy atom. The van der Waals surface area contributed by atoms with Gasteiger partial charge in [-0.15, -0.1) is 0 Å². The highest BCUT2D eigenvalue weighted by atomic mass is 19.3.